The lowest BCUT2D eigenvalue weighted by Gasteiger charge is -2.15. The normalized spacial score (nSPS) is 14.2. The van der Waals surface area contributed by atoms with Crippen molar-refractivity contribution in [1.29, 1.82) is 0 Å². The lowest BCUT2D eigenvalue weighted by atomic mass is 10.1. The highest BCUT2D eigenvalue weighted by Gasteiger charge is 2.19. The van der Waals surface area contributed by atoms with Gasteiger partial charge in [-0.3, -0.25) is 4.79 Å². The Hall–Kier alpha value is -2.09. The molecule has 0 aromatic heterocycles. The number of hydrogen-bond donors (Lipinski definition) is 2. The number of aliphatic imine (C=N–C) groups is 1. The summed E-state index contributed by atoms with van der Waals surface area (Å²) in [5.74, 6) is 0.662. The van der Waals surface area contributed by atoms with Crippen LogP contribution in [0.15, 0.2) is 53.5 Å². The van der Waals surface area contributed by atoms with Crippen molar-refractivity contribution < 1.29 is 4.79 Å². The third-order valence-electron chi connectivity index (χ3n) is 4.61. The molecule has 1 aliphatic heterocycles. The first kappa shape index (κ1) is 21.2. The van der Waals surface area contributed by atoms with Crippen LogP contribution in [0.3, 0.4) is 0 Å². The molecule has 1 aliphatic rings. The van der Waals surface area contributed by atoms with Crippen molar-refractivity contribution in [2.24, 2.45) is 10.7 Å². The number of nitrogens with zero attached hydrogens (tertiary/aromatic N) is 2. The number of benzene rings is 2. The highest BCUT2D eigenvalue weighted by Crippen LogP contribution is 2.15. The van der Waals surface area contributed by atoms with Crippen molar-refractivity contribution in [3.8, 4) is 0 Å². The topological polar surface area (TPSA) is 70.7 Å². The van der Waals surface area contributed by atoms with Gasteiger partial charge < -0.3 is 16.0 Å². The fraction of sp³-hybridized carbons (Fsp3) is 0.333. The summed E-state index contributed by atoms with van der Waals surface area (Å²) < 4.78 is 0. The molecule has 1 saturated heterocycles. The molecule has 0 atom stereocenters. The summed E-state index contributed by atoms with van der Waals surface area (Å²) in [5, 5.41) is 3.13. The Morgan fingerprint density at radius 1 is 1.15 bits per heavy atom. The number of nitrogens with two attached hydrogens (primary N) is 1. The molecule has 1 fully saturated rings. The van der Waals surface area contributed by atoms with Gasteiger partial charge >= 0.3 is 0 Å². The average molecular weight is 478 g/mol. The first-order valence-electron chi connectivity index (χ1n) is 9.15. The monoisotopic (exact) mass is 478 g/mol. The van der Waals surface area contributed by atoms with E-state index in [0.717, 1.165) is 36.2 Å². The van der Waals surface area contributed by atoms with Crippen molar-refractivity contribution in [2.45, 2.75) is 39.3 Å². The van der Waals surface area contributed by atoms with Crippen molar-refractivity contribution >= 4 is 41.5 Å². The number of halogens is 1. The summed E-state index contributed by atoms with van der Waals surface area (Å²) in [6.45, 7) is 4.21. The van der Waals surface area contributed by atoms with Crippen LogP contribution in [0.5, 0.6) is 0 Å². The fourth-order valence-electron chi connectivity index (χ4n) is 3.07. The molecule has 6 heteroatoms. The first-order valence-corrected chi connectivity index (χ1v) is 9.15. The van der Waals surface area contributed by atoms with E-state index in [1.807, 2.05) is 29.2 Å². The van der Waals surface area contributed by atoms with E-state index in [9.17, 15) is 4.79 Å². The lowest BCUT2D eigenvalue weighted by Crippen LogP contribution is -2.23. The van der Waals surface area contributed by atoms with Crippen LogP contribution in [0.25, 0.3) is 0 Å². The van der Waals surface area contributed by atoms with Crippen molar-refractivity contribution in [1.82, 2.24) is 4.90 Å². The van der Waals surface area contributed by atoms with Gasteiger partial charge in [0.25, 0.3) is 0 Å². The molecule has 5 nitrogen and oxygen atoms in total. The standard InChI is InChI=1S/C21H26N4O.HI/c1-2-16-5-3-6-19(13-16)24-21(22)23-14-17-8-10-18(11-9-17)15-25-12-4-7-20(25)26;/h3,5-6,8-11,13H,2,4,7,12,14-15H2,1H3,(H3,22,23,24);1H. The molecule has 1 heterocycles. The van der Waals surface area contributed by atoms with E-state index in [0.29, 0.717) is 25.5 Å². The highest BCUT2D eigenvalue weighted by atomic mass is 127. The summed E-state index contributed by atoms with van der Waals surface area (Å²) in [7, 11) is 0. The zero-order valence-corrected chi connectivity index (χ0v) is 18.0. The molecule has 0 unspecified atom stereocenters. The Balaban J connectivity index is 0.00000261. The Kier molecular flexibility index (Phi) is 8.09. The van der Waals surface area contributed by atoms with E-state index in [2.05, 4.69) is 41.5 Å². The van der Waals surface area contributed by atoms with E-state index < -0.39 is 0 Å². The van der Waals surface area contributed by atoms with Gasteiger partial charge in [-0.15, -0.1) is 24.0 Å². The molecule has 2 aromatic rings. The van der Waals surface area contributed by atoms with Crippen LogP contribution in [0.2, 0.25) is 0 Å². The maximum absolute atomic E-state index is 11.7. The van der Waals surface area contributed by atoms with Crippen molar-refractivity contribution in [3.63, 3.8) is 0 Å². The van der Waals surface area contributed by atoms with Crippen molar-refractivity contribution in [2.75, 3.05) is 11.9 Å². The smallest absolute Gasteiger partial charge is 0.222 e. The maximum Gasteiger partial charge on any atom is 0.222 e. The number of hydrogen-bond acceptors (Lipinski definition) is 2. The molecule has 2 aromatic carbocycles. The van der Waals surface area contributed by atoms with E-state index in [-0.39, 0.29) is 29.9 Å². The van der Waals surface area contributed by atoms with Crippen LogP contribution in [-0.2, 0) is 24.3 Å². The number of carbonyl (C=O) groups excluding carboxylic acids is 1. The number of aryl methyl sites for hydroxylation is 1. The SMILES string of the molecule is CCc1cccc(NC(N)=NCc2ccc(CN3CCCC3=O)cc2)c1.I. The van der Waals surface area contributed by atoms with Gasteiger partial charge in [0.05, 0.1) is 6.54 Å². The van der Waals surface area contributed by atoms with Gasteiger partial charge in [-0.1, -0.05) is 43.3 Å². The highest BCUT2D eigenvalue weighted by molar-refractivity contribution is 14.0. The molecule has 3 N–H and O–H groups in total. The van der Waals surface area contributed by atoms with E-state index in [1.54, 1.807) is 0 Å². The average Bonchev–Trinajstić information content (AvgIpc) is 3.06. The van der Waals surface area contributed by atoms with Gasteiger partial charge in [0.1, 0.15) is 0 Å². The first-order chi connectivity index (χ1) is 12.6. The van der Waals surface area contributed by atoms with Gasteiger partial charge in [0.2, 0.25) is 5.91 Å². The third kappa shape index (κ3) is 6.23. The summed E-state index contributed by atoms with van der Waals surface area (Å²) in [6, 6.07) is 16.4. The second kappa shape index (κ2) is 10.3. The van der Waals surface area contributed by atoms with Gasteiger partial charge in [0, 0.05) is 25.2 Å². The second-order valence-corrected chi connectivity index (χ2v) is 6.62. The van der Waals surface area contributed by atoms with E-state index in [4.69, 9.17) is 5.73 Å². The quantitative estimate of drug-likeness (QED) is 0.376. The number of amides is 1. The number of nitrogens with one attached hydrogen (secondary N) is 1. The Morgan fingerprint density at radius 3 is 2.56 bits per heavy atom. The largest absolute Gasteiger partial charge is 0.370 e. The van der Waals surface area contributed by atoms with Crippen LogP contribution in [-0.4, -0.2) is 23.3 Å². The van der Waals surface area contributed by atoms with Crippen LogP contribution in [0, 0.1) is 0 Å². The van der Waals surface area contributed by atoms with Crippen LogP contribution in [0.1, 0.15) is 36.5 Å². The summed E-state index contributed by atoms with van der Waals surface area (Å²) in [6.07, 6.45) is 2.64. The number of anilines is 1. The Labute approximate surface area is 178 Å². The molecule has 0 aliphatic carbocycles. The van der Waals surface area contributed by atoms with Crippen LogP contribution >= 0.6 is 24.0 Å². The molecular weight excluding hydrogens is 451 g/mol. The van der Waals surface area contributed by atoms with Crippen molar-refractivity contribution in [3.05, 3.63) is 65.2 Å². The number of rotatable bonds is 6. The number of carbonyl (C=O) groups is 1. The summed E-state index contributed by atoms with van der Waals surface area (Å²) in [4.78, 5) is 18.0. The van der Waals surface area contributed by atoms with Crippen LogP contribution < -0.4 is 11.1 Å². The summed E-state index contributed by atoms with van der Waals surface area (Å²) in [5.41, 5.74) is 10.4. The molecule has 3 rings (SSSR count). The molecule has 0 saturated carbocycles. The minimum absolute atomic E-state index is 0. The molecule has 27 heavy (non-hydrogen) atoms. The molecule has 1 amide bonds. The zero-order valence-electron chi connectivity index (χ0n) is 15.6. The molecule has 0 spiro atoms. The zero-order chi connectivity index (χ0) is 18.4. The molecule has 144 valence electrons. The Morgan fingerprint density at radius 2 is 1.89 bits per heavy atom. The van der Waals surface area contributed by atoms with Gasteiger partial charge in [-0.2, -0.15) is 0 Å². The minimum atomic E-state index is 0. The van der Waals surface area contributed by atoms with E-state index >= 15 is 0 Å². The van der Waals surface area contributed by atoms with E-state index in [1.165, 1.54) is 5.56 Å². The fourth-order valence-corrected chi connectivity index (χ4v) is 3.07. The second-order valence-electron chi connectivity index (χ2n) is 6.62. The molecule has 0 bridgehead atoms. The summed E-state index contributed by atoms with van der Waals surface area (Å²) >= 11 is 0. The number of guanidine groups is 1. The van der Waals surface area contributed by atoms with Gasteiger partial charge in [-0.05, 0) is 41.7 Å². The predicted molar refractivity (Wildman–Crippen MR) is 121 cm³/mol. The Bertz CT molecular complexity index is 789. The third-order valence-corrected chi connectivity index (χ3v) is 4.61. The maximum atomic E-state index is 11.7. The van der Waals surface area contributed by atoms with Gasteiger partial charge in [0.15, 0.2) is 5.96 Å². The van der Waals surface area contributed by atoms with Crippen LogP contribution in [0.4, 0.5) is 5.69 Å². The lowest BCUT2D eigenvalue weighted by molar-refractivity contribution is -0.128. The molecular formula is C21H27IN4O. The molecule has 0 radical (unpaired) electrons. The van der Waals surface area contributed by atoms with Gasteiger partial charge in [-0.25, -0.2) is 4.99 Å². The predicted octanol–water partition coefficient (Wildman–Crippen LogP) is 3.92. The number of likely N-dealkylation sites (tertiary alicyclic amines) is 1. The minimum Gasteiger partial charge on any atom is -0.370 e.